The molecule has 0 bridgehead atoms. The van der Waals surface area contributed by atoms with Crippen LogP contribution in [-0.4, -0.2) is 52.5 Å². The first-order chi connectivity index (χ1) is 17.0. The molecule has 0 unspecified atom stereocenters. The predicted octanol–water partition coefficient (Wildman–Crippen LogP) is 2.13. The first-order valence-corrected chi connectivity index (χ1v) is 12.2. The topological polar surface area (TPSA) is 166 Å². The van der Waals surface area contributed by atoms with E-state index < -0.39 is 50.1 Å². The maximum absolute atomic E-state index is 13.0. The number of rotatable bonds is 7. The van der Waals surface area contributed by atoms with Crippen LogP contribution >= 0.6 is 23.2 Å². The molecule has 2 aromatic heterocycles. The number of aromatic amines is 1. The minimum absolute atomic E-state index is 0.176. The van der Waals surface area contributed by atoms with E-state index in [1.807, 2.05) is 0 Å². The fourth-order valence-electron chi connectivity index (χ4n) is 3.19. The summed E-state index contributed by atoms with van der Waals surface area (Å²) in [5.41, 5.74) is -3.84. The van der Waals surface area contributed by atoms with Crippen LogP contribution in [0, 0.1) is 0 Å². The third kappa shape index (κ3) is 5.34. The van der Waals surface area contributed by atoms with Gasteiger partial charge < -0.3 is 14.6 Å². The molecule has 1 fully saturated rings. The number of hydrogen-bond donors (Lipinski definition) is 3. The van der Waals surface area contributed by atoms with Crippen LogP contribution in [0.5, 0.6) is 17.4 Å². The van der Waals surface area contributed by atoms with E-state index in [0.717, 1.165) is 24.4 Å². The number of benzene rings is 1. The van der Waals surface area contributed by atoms with Crippen molar-refractivity contribution < 1.29 is 31.8 Å². The summed E-state index contributed by atoms with van der Waals surface area (Å²) in [4.78, 5) is 28.6. The lowest BCUT2D eigenvalue weighted by Gasteiger charge is -2.14. The van der Waals surface area contributed by atoms with Crippen molar-refractivity contribution in [3.05, 3.63) is 61.0 Å². The second-order valence-electron chi connectivity index (χ2n) is 7.37. The Morgan fingerprint density at radius 1 is 1.25 bits per heavy atom. The minimum atomic E-state index is -4.17. The SMILES string of the molecule is O=c1[nH]c(=O)n(-c2cc(Cl)c(Oc3cc(S(=O)(=O)N[C@@H]4CCOC4)c(O)cn3)c(Cl)c2)nc1C(F)F. The van der Waals surface area contributed by atoms with Gasteiger partial charge in [0.05, 0.1) is 28.5 Å². The van der Waals surface area contributed by atoms with Gasteiger partial charge in [-0.2, -0.15) is 9.78 Å². The third-order valence-electron chi connectivity index (χ3n) is 4.86. The number of hydrogen-bond acceptors (Lipinski definition) is 9. The molecular formula is C19H15Cl2F2N5O7S. The van der Waals surface area contributed by atoms with E-state index in [1.165, 1.54) is 0 Å². The zero-order valence-electron chi connectivity index (χ0n) is 17.7. The van der Waals surface area contributed by atoms with Crippen LogP contribution in [0.4, 0.5) is 8.78 Å². The monoisotopic (exact) mass is 565 g/mol. The van der Waals surface area contributed by atoms with E-state index in [4.69, 9.17) is 32.7 Å². The molecule has 0 saturated carbocycles. The zero-order chi connectivity index (χ0) is 26.2. The first kappa shape index (κ1) is 26.0. The highest BCUT2D eigenvalue weighted by Gasteiger charge is 2.27. The van der Waals surface area contributed by atoms with Gasteiger partial charge in [-0.25, -0.2) is 31.7 Å². The summed E-state index contributed by atoms with van der Waals surface area (Å²) in [6.45, 7) is 0.569. The molecule has 0 aliphatic carbocycles. The Hall–Kier alpha value is -3.11. The van der Waals surface area contributed by atoms with Crippen molar-refractivity contribution in [3.63, 3.8) is 0 Å². The van der Waals surface area contributed by atoms with Crippen LogP contribution in [0.15, 0.2) is 38.9 Å². The molecule has 1 aliphatic heterocycles. The molecule has 17 heteroatoms. The van der Waals surface area contributed by atoms with Gasteiger partial charge in [-0.3, -0.25) is 9.78 Å². The molecule has 36 heavy (non-hydrogen) atoms. The molecule has 1 aromatic carbocycles. The van der Waals surface area contributed by atoms with Crippen molar-refractivity contribution in [2.24, 2.45) is 0 Å². The standard InChI is InChI=1S/C19H15Cl2F2N5O7S/c20-10-3-9(28-19(31)25-18(30)15(26-28)17(22)23)4-11(21)16(10)35-14-5-13(12(29)6-24-14)36(32,33)27-8-1-2-34-7-8/h3-6,8,17,27,29H,1-2,7H2,(H,25,30,31)/t8-/m1/s1. The van der Waals surface area contributed by atoms with Gasteiger partial charge in [0.25, 0.3) is 12.0 Å². The number of ether oxygens (including phenoxy) is 2. The Morgan fingerprint density at radius 3 is 2.56 bits per heavy atom. The molecular weight excluding hydrogens is 551 g/mol. The van der Waals surface area contributed by atoms with Crippen LogP contribution < -0.4 is 20.7 Å². The number of sulfonamides is 1. The van der Waals surface area contributed by atoms with Gasteiger partial charge in [0.2, 0.25) is 15.9 Å². The van der Waals surface area contributed by atoms with Crippen molar-refractivity contribution in [1.82, 2.24) is 24.5 Å². The van der Waals surface area contributed by atoms with E-state index in [0.29, 0.717) is 17.7 Å². The molecule has 1 aliphatic rings. The van der Waals surface area contributed by atoms with Gasteiger partial charge in [0.1, 0.15) is 4.90 Å². The largest absolute Gasteiger partial charge is 0.505 e. The number of nitrogens with zero attached hydrogens (tertiary/aromatic N) is 3. The van der Waals surface area contributed by atoms with Crippen LogP contribution in [-0.2, 0) is 14.8 Å². The molecule has 0 amide bonds. The lowest BCUT2D eigenvalue weighted by molar-refractivity contribution is 0.141. The number of H-pyrrole nitrogens is 1. The first-order valence-electron chi connectivity index (χ1n) is 9.94. The highest BCUT2D eigenvalue weighted by Crippen LogP contribution is 2.38. The van der Waals surface area contributed by atoms with Gasteiger partial charge in [0, 0.05) is 18.7 Å². The number of halogens is 4. The summed E-state index contributed by atoms with van der Waals surface area (Å²) in [7, 11) is -4.17. The quantitative estimate of drug-likeness (QED) is 0.389. The highest BCUT2D eigenvalue weighted by atomic mass is 35.5. The van der Waals surface area contributed by atoms with Crippen LogP contribution in [0.3, 0.4) is 0 Å². The fourth-order valence-corrected chi connectivity index (χ4v) is 5.08. The van der Waals surface area contributed by atoms with Crippen LogP contribution in [0.25, 0.3) is 5.69 Å². The van der Waals surface area contributed by atoms with Gasteiger partial charge in [0.15, 0.2) is 17.2 Å². The molecule has 0 radical (unpaired) electrons. The maximum Gasteiger partial charge on any atom is 0.349 e. The lowest BCUT2D eigenvalue weighted by atomic mass is 10.3. The smallest absolute Gasteiger partial charge is 0.349 e. The number of aromatic nitrogens is 4. The van der Waals surface area contributed by atoms with E-state index in [9.17, 15) is 31.9 Å². The summed E-state index contributed by atoms with van der Waals surface area (Å²) >= 11 is 12.4. The van der Waals surface area contributed by atoms with E-state index in [1.54, 1.807) is 4.98 Å². The lowest BCUT2D eigenvalue weighted by Crippen LogP contribution is -2.35. The maximum atomic E-state index is 13.0. The van der Waals surface area contributed by atoms with E-state index in [-0.39, 0.29) is 34.0 Å². The molecule has 1 atom stereocenters. The van der Waals surface area contributed by atoms with Crippen LogP contribution in [0.2, 0.25) is 10.0 Å². The number of alkyl halides is 2. The molecule has 3 N–H and O–H groups in total. The molecule has 3 heterocycles. The Balaban J connectivity index is 1.67. The number of nitrogens with one attached hydrogen (secondary N) is 2. The fraction of sp³-hybridized carbons (Fsp3) is 0.263. The summed E-state index contributed by atoms with van der Waals surface area (Å²) in [6, 6.07) is 2.64. The molecule has 0 spiro atoms. The van der Waals surface area contributed by atoms with E-state index >= 15 is 0 Å². The average Bonchev–Trinajstić information content (AvgIpc) is 3.29. The molecule has 192 valence electrons. The third-order valence-corrected chi connectivity index (χ3v) is 6.97. The second-order valence-corrected chi connectivity index (χ2v) is 9.87. The normalized spacial score (nSPS) is 16.0. The summed E-state index contributed by atoms with van der Waals surface area (Å²) in [6.07, 6.45) is -1.95. The van der Waals surface area contributed by atoms with Crippen molar-refractivity contribution in [2.75, 3.05) is 13.2 Å². The minimum Gasteiger partial charge on any atom is -0.505 e. The van der Waals surface area contributed by atoms with Crippen molar-refractivity contribution in [2.45, 2.75) is 23.8 Å². The highest BCUT2D eigenvalue weighted by molar-refractivity contribution is 7.89. The molecule has 12 nitrogen and oxygen atoms in total. The van der Waals surface area contributed by atoms with Gasteiger partial charge in [-0.1, -0.05) is 23.2 Å². The summed E-state index contributed by atoms with van der Waals surface area (Å²) in [5.74, 6) is -1.18. The van der Waals surface area contributed by atoms with Gasteiger partial charge in [-0.15, -0.1) is 0 Å². The van der Waals surface area contributed by atoms with Gasteiger partial charge in [-0.05, 0) is 18.6 Å². The van der Waals surface area contributed by atoms with Crippen molar-refractivity contribution >= 4 is 33.2 Å². The molecule has 3 aromatic rings. The predicted molar refractivity (Wildman–Crippen MR) is 121 cm³/mol. The molecule has 1 saturated heterocycles. The Labute approximate surface area is 210 Å². The Morgan fingerprint density at radius 2 is 1.94 bits per heavy atom. The second kappa shape index (κ2) is 10.1. The van der Waals surface area contributed by atoms with Crippen molar-refractivity contribution in [3.8, 4) is 23.1 Å². The molecule has 4 rings (SSSR count). The zero-order valence-corrected chi connectivity index (χ0v) is 20.1. The van der Waals surface area contributed by atoms with Crippen molar-refractivity contribution in [1.29, 1.82) is 0 Å². The summed E-state index contributed by atoms with van der Waals surface area (Å²) < 4.78 is 65.0. The summed E-state index contributed by atoms with van der Waals surface area (Å²) in [5, 5.41) is 12.9. The van der Waals surface area contributed by atoms with Crippen LogP contribution in [0.1, 0.15) is 18.5 Å². The van der Waals surface area contributed by atoms with Gasteiger partial charge >= 0.3 is 5.69 Å². The number of pyridine rings is 1. The average molecular weight is 566 g/mol. The Bertz CT molecular complexity index is 1520. The number of aromatic hydroxyl groups is 1. The van der Waals surface area contributed by atoms with E-state index in [2.05, 4.69) is 14.8 Å². The Kier molecular flexibility index (Phi) is 7.28.